The van der Waals surface area contributed by atoms with Gasteiger partial charge in [-0.3, -0.25) is 4.90 Å². The number of hydrogen-bond acceptors (Lipinski definition) is 6. The molecule has 0 spiro atoms. The number of nitrogens with zero attached hydrogens (tertiary/aromatic N) is 7. The first-order valence-corrected chi connectivity index (χ1v) is 9.00. The van der Waals surface area contributed by atoms with Crippen molar-refractivity contribution < 1.29 is 0 Å². The SMILES string of the molecule is CCn1ccnc1CN1CCN(c2nc(C)cc(N(C)C)n2)CC1C. The van der Waals surface area contributed by atoms with Crippen molar-refractivity contribution in [3.63, 3.8) is 0 Å². The minimum atomic E-state index is 0.433. The van der Waals surface area contributed by atoms with Crippen LogP contribution in [0.25, 0.3) is 0 Å². The van der Waals surface area contributed by atoms with Crippen molar-refractivity contribution in [1.82, 2.24) is 24.4 Å². The highest BCUT2D eigenvalue weighted by atomic mass is 15.3. The lowest BCUT2D eigenvalue weighted by atomic mass is 10.2. The van der Waals surface area contributed by atoms with Crippen LogP contribution >= 0.6 is 0 Å². The van der Waals surface area contributed by atoms with Crippen LogP contribution < -0.4 is 9.80 Å². The first kappa shape index (κ1) is 17.7. The summed E-state index contributed by atoms with van der Waals surface area (Å²) in [5.41, 5.74) is 1.01. The van der Waals surface area contributed by atoms with Crippen LogP contribution in [0.4, 0.5) is 11.8 Å². The molecule has 136 valence electrons. The summed E-state index contributed by atoms with van der Waals surface area (Å²) in [4.78, 5) is 20.7. The maximum atomic E-state index is 4.73. The fraction of sp³-hybridized carbons (Fsp3) is 0.611. The molecule has 2 aromatic rings. The first-order valence-electron chi connectivity index (χ1n) is 9.00. The summed E-state index contributed by atoms with van der Waals surface area (Å²) in [6, 6.07) is 2.45. The molecular weight excluding hydrogens is 314 g/mol. The van der Waals surface area contributed by atoms with Crippen molar-refractivity contribution >= 4 is 11.8 Å². The lowest BCUT2D eigenvalue weighted by Gasteiger charge is -2.39. The molecule has 0 saturated carbocycles. The maximum absolute atomic E-state index is 4.73. The molecule has 1 unspecified atom stereocenters. The van der Waals surface area contributed by atoms with Crippen LogP contribution in [-0.4, -0.2) is 64.2 Å². The third-order valence-corrected chi connectivity index (χ3v) is 4.82. The van der Waals surface area contributed by atoms with Gasteiger partial charge in [0.05, 0.1) is 6.54 Å². The van der Waals surface area contributed by atoms with E-state index in [0.29, 0.717) is 6.04 Å². The Balaban J connectivity index is 1.69. The summed E-state index contributed by atoms with van der Waals surface area (Å²) in [6.07, 6.45) is 3.95. The van der Waals surface area contributed by atoms with E-state index in [9.17, 15) is 0 Å². The number of aromatic nitrogens is 4. The molecule has 3 rings (SSSR count). The van der Waals surface area contributed by atoms with Gasteiger partial charge in [-0.25, -0.2) is 9.97 Å². The molecule has 1 fully saturated rings. The lowest BCUT2D eigenvalue weighted by Crippen LogP contribution is -2.52. The van der Waals surface area contributed by atoms with E-state index >= 15 is 0 Å². The second-order valence-electron chi connectivity index (χ2n) is 6.96. The van der Waals surface area contributed by atoms with Crippen LogP contribution in [0.5, 0.6) is 0 Å². The molecule has 0 aliphatic carbocycles. The van der Waals surface area contributed by atoms with Crippen molar-refractivity contribution in [2.75, 3.05) is 43.5 Å². The fourth-order valence-electron chi connectivity index (χ4n) is 3.28. The zero-order valence-corrected chi connectivity index (χ0v) is 16.0. The second kappa shape index (κ2) is 7.39. The summed E-state index contributed by atoms with van der Waals surface area (Å²) in [7, 11) is 4.03. The fourth-order valence-corrected chi connectivity index (χ4v) is 3.28. The molecule has 1 saturated heterocycles. The van der Waals surface area contributed by atoms with Gasteiger partial charge in [0.25, 0.3) is 0 Å². The smallest absolute Gasteiger partial charge is 0.227 e. The summed E-state index contributed by atoms with van der Waals surface area (Å²) in [5.74, 6) is 2.94. The van der Waals surface area contributed by atoms with E-state index < -0.39 is 0 Å². The van der Waals surface area contributed by atoms with E-state index in [1.807, 2.05) is 38.2 Å². The Morgan fingerprint density at radius 1 is 1.24 bits per heavy atom. The van der Waals surface area contributed by atoms with Gasteiger partial charge in [-0.15, -0.1) is 0 Å². The highest BCUT2D eigenvalue weighted by Crippen LogP contribution is 2.20. The Hall–Kier alpha value is -2.15. The summed E-state index contributed by atoms with van der Waals surface area (Å²) >= 11 is 0. The number of imidazole rings is 1. The van der Waals surface area contributed by atoms with Crippen LogP contribution in [0.15, 0.2) is 18.5 Å². The molecular formula is C18H29N7. The van der Waals surface area contributed by atoms with E-state index in [4.69, 9.17) is 4.98 Å². The molecule has 1 atom stereocenters. The average Bonchev–Trinajstić information content (AvgIpc) is 3.03. The Morgan fingerprint density at radius 3 is 2.72 bits per heavy atom. The second-order valence-corrected chi connectivity index (χ2v) is 6.96. The van der Waals surface area contributed by atoms with Crippen LogP contribution in [0, 0.1) is 6.92 Å². The van der Waals surface area contributed by atoms with Gasteiger partial charge in [0.1, 0.15) is 11.6 Å². The summed E-state index contributed by atoms with van der Waals surface area (Å²) < 4.78 is 2.21. The van der Waals surface area contributed by atoms with Gasteiger partial charge in [0.15, 0.2) is 0 Å². The molecule has 0 amide bonds. The number of piperazine rings is 1. The Labute approximate surface area is 150 Å². The van der Waals surface area contributed by atoms with E-state index in [1.54, 1.807) is 0 Å². The largest absolute Gasteiger partial charge is 0.363 e. The number of aryl methyl sites for hydroxylation is 2. The topological polar surface area (TPSA) is 53.3 Å². The molecule has 1 aliphatic rings. The summed E-state index contributed by atoms with van der Waals surface area (Å²) in [6.45, 7) is 11.2. The van der Waals surface area contributed by atoms with Crippen LogP contribution in [0.2, 0.25) is 0 Å². The van der Waals surface area contributed by atoms with Crippen molar-refractivity contribution in [3.05, 3.63) is 30.0 Å². The molecule has 1 aliphatic heterocycles. The molecule has 25 heavy (non-hydrogen) atoms. The Morgan fingerprint density at radius 2 is 2.04 bits per heavy atom. The van der Waals surface area contributed by atoms with Gasteiger partial charge < -0.3 is 14.4 Å². The lowest BCUT2D eigenvalue weighted by molar-refractivity contribution is 0.173. The number of hydrogen-bond donors (Lipinski definition) is 0. The van der Waals surface area contributed by atoms with Crippen molar-refractivity contribution in [3.8, 4) is 0 Å². The highest BCUT2D eigenvalue weighted by molar-refractivity contribution is 5.45. The Bertz CT molecular complexity index is 709. The molecule has 3 heterocycles. The molecule has 0 radical (unpaired) electrons. The highest BCUT2D eigenvalue weighted by Gasteiger charge is 2.26. The van der Waals surface area contributed by atoms with Gasteiger partial charge in [-0.2, -0.15) is 4.98 Å². The van der Waals surface area contributed by atoms with Crippen molar-refractivity contribution in [2.24, 2.45) is 0 Å². The Kier molecular flexibility index (Phi) is 5.22. The minimum Gasteiger partial charge on any atom is -0.363 e. The van der Waals surface area contributed by atoms with Crippen LogP contribution in [0.1, 0.15) is 25.4 Å². The summed E-state index contributed by atoms with van der Waals surface area (Å²) in [5, 5.41) is 0. The van der Waals surface area contributed by atoms with Gasteiger partial charge in [0.2, 0.25) is 5.95 Å². The average molecular weight is 343 g/mol. The van der Waals surface area contributed by atoms with Crippen LogP contribution in [0.3, 0.4) is 0 Å². The van der Waals surface area contributed by atoms with Crippen molar-refractivity contribution in [1.29, 1.82) is 0 Å². The standard InChI is InChI=1S/C18H29N7/c1-6-23-8-7-19-17(23)13-24-9-10-25(12-15(24)3)18-20-14(2)11-16(21-18)22(4)5/h7-8,11,15H,6,9-10,12-13H2,1-5H3. The molecule has 2 aromatic heterocycles. The minimum absolute atomic E-state index is 0.433. The van der Waals surface area contributed by atoms with Gasteiger partial charge in [0, 0.05) is 70.5 Å². The van der Waals surface area contributed by atoms with Gasteiger partial charge in [-0.1, -0.05) is 0 Å². The molecule has 7 heteroatoms. The molecule has 0 aromatic carbocycles. The van der Waals surface area contributed by atoms with E-state index in [1.165, 1.54) is 0 Å². The zero-order chi connectivity index (χ0) is 18.0. The third-order valence-electron chi connectivity index (χ3n) is 4.82. The maximum Gasteiger partial charge on any atom is 0.227 e. The van der Waals surface area contributed by atoms with Gasteiger partial charge >= 0.3 is 0 Å². The predicted molar refractivity (Wildman–Crippen MR) is 101 cm³/mol. The molecule has 7 nitrogen and oxygen atoms in total. The van der Waals surface area contributed by atoms with E-state index in [2.05, 4.69) is 44.4 Å². The van der Waals surface area contributed by atoms with Gasteiger partial charge in [-0.05, 0) is 20.8 Å². The van der Waals surface area contributed by atoms with Crippen molar-refractivity contribution in [2.45, 2.75) is 39.9 Å². The van der Waals surface area contributed by atoms with Crippen LogP contribution in [-0.2, 0) is 13.1 Å². The monoisotopic (exact) mass is 343 g/mol. The predicted octanol–water partition coefficient (Wildman–Crippen LogP) is 1.78. The number of anilines is 2. The normalized spacial score (nSPS) is 18.6. The third kappa shape index (κ3) is 3.92. The van der Waals surface area contributed by atoms with E-state index in [-0.39, 0.29) is 0 Å². The molecule has 0 bridgehead atoms. The van der Waals surface area contributed by atoms with E-state index in [0.717, 1.165) is 56.0 Å². The number of rotatable bonds is 5. The quantitative estimate of drug-likeness (QED) is 0.825. The zero-order valence-electron chi connectivity index (χ0n) is 16.0. The first-order chi connectivity index (χ1) is 12.0. The molecule has 0 N–H and O–H groups in total.